The highest BCUT2D eigenvalue weighted by molar-refractivity contribution is 6.30. The van der Waals surface area contributed by atoms with Gasteiger partial charge in [-0.15, -0.1) is 4.99 Å². The first-order valence-corrected chi connectivity index (χ1v) is 11.4. The first-order chi connectivity index (χ1) is 17.0. The highest BCUT2D eigenvalue weighted by Crippen LogP contribution is 2.36. The summed E-state index contributed by atoms with van der Waals surface area (Å²) in [7, 11) is 0. The Labute approximate surface area is 208 Å². The third-order valence-corrected chi connectivity index (χ3v) is 6.29. The van der Waals surface area contributed by atoms with Gasteiger partial charge in [0, 0.05) is 42.5 Å². The molecule has 0 unspecified atom stereocenters. The minimum atomic E-state index is -0.404. The molecule has 0 bridgehead atoms. The fraction of sp³-hybridized carbons (Fsp3) is 0.240. The molecule has 1 aliphatic rings. The number of carbonyl (C=O) groups is 1. The van der Waals surface area contributed by atoms with Gasteiger partial charge in [0.05, 0.1) is 0 Å². The number of aromatic nitrogens is 2. The normalized spacial score (nSPS) is 15.2. The number of para-hydroxylation sites is 1. The number of likely N-dealkylation sites (tertiary alicyclic amines) is 1. The highest BCUT2D eigenvalue weighted by Gasteiger charge is 2.38. The Morgan fingerprint density at radius 3 is 2.60 bits per heavy atom. The molecule has 0 saturated carbocycles. The fourth-order valence-electron chi connectivity index (χ4n) is 4.16. The van der Waals surface area contributed by atoms with E-state index in [-0.39, 0.29) is 17.5 Å². The summed E-state index contributed by atoms with van der Waals surface area (Å²) in [5.41, 5.74) is 6.52. The third-order valence-electron chi connectivity index (χ3n) is 6.05. The summed E-state index contributed by atoms with van der Waals surface area (Å²) in [6.45, 7) is 1.46. The molecule has 35 heavy (non-hydrogen) atoms. The van der Waals surface area contributed by atoms with Crippen molar-refractivity contribution in [1.29, 1.82) is 5.26 Å². The van der Waals surface area contributed by atoms with E-state index in [1.807, 2.05) is 53.6 Å². The number of anilines is 1. The smallest absolute Gasteiger partial charge is 0.308 e. The fourth-order valence-corrected chi connectivity index (χ4v) is 4.35. The number of hydrogen-bond donors (Lipinski definition) is 2. The number of piperidine rings is 1. The van der Waals surface area contributed by atoms with Crippen molar-refractivity contribution in [3.05, 3.63) is 83.3 Å². The van der Waals surface area contributed by atoms with Crippen molar-refractivity contribution in [2.45, 2.75) is 18.3 Å². The van der Waals surface area contributed by atoms with Crippen LogP contribution in [0.3, 0.4) is 0 Å². The van der Waals surface area contributed by atoms with Crippen LogP contribution >= 0.6 is 11.6 Å². The average Bonchev–Trinajstić information content (AvgIpc) is 2.88. The van der Waals surface area contributed by atoms with E-state index < -0.39 is 11.3 Å². The van der Waals surface area contributed by atoms with Crippen molar-refractivity contribution in [1.82, 2.24) is 20.2 Å². The Morgan fingerprint density at radius 1 is 1.17 bits per heavy atom. The SMILES string of the molecule is N#CN=C(Oc1ccccc1)N1CCC(CNC(=O)c2nccnc2N)(c2cccc(Cl)c2)CC1. The summed E-state index contributed by atoms with van der Waals surface area (Å²) < 4.78 is 5.89. The van der Waals surface area contributed by atoms with Gasteiger partial charge < -0.3 is 20.7 Å². The van der Waals surface area contributed by atoms with Crippen LogP contribution in [-0.2, 0) is 5.41 Å². The van der Waals surface area contributed by atoms with Crippen molar-refractivity contribution < 1.29 is 9.53 Å². The van der Waals surface area contributed by atoms with Gasteiger partial charge in [-0.2, -0.15) is 5.26 Å². The van der Waals surface area contributed by atoms with E-state index in [1.165, 1.54) is 12.4 Å². The van der Waals surface area contributed by atoms with Gasteiger partial charge in [-0.1, -0.05) is 41.9 Å². The molecule has 1 fully saturated rings. The Bertz CT molecular complexity index is 1250. The van der Waals surface area contributed by atoms with Gasteiger partial charge in [-0.05, 0) is 42.7 Å². The van der Waals surface area contributed by atoms with Gasteiger partial charge in [-0.25, -0.2) is 9.97 Å². The lowest BCUT2D eigenvalue weighted by Gasteiger charge is -2.42. The number of nitrogens with one attached hydrogen (secondary N) is 1. The zero-order chi connectivity index (χ0) is 24.7. The van der Waals surface area contributed by atoms with Crippen molar-refractivity contribution >= 4 is 29.3 Å². The molecule has 1 saturated heterocycles. The number of aliphatic imine (C=N–C) groups is 1. The summed E-state index contributed by atoms with van der Waals surface area (Å²) in [4.78, 5) is 26.6. The lowest BCUT2D eigenvalue weighted by atomic mass is 9.72. The molecule has 2 aromatic carbocycles. The molecule has 10 heteroatoms. The van der Waals surface area contributed by atoms with Crippen LogP contribution in [0.5, 0.6) is 5.75 Å². The Morgan fingerprint density at radius 2 is 1.91 bits per heavy atom. The first kappa shape index (κ1) is 24.0. The van der Waals surface area contributed by atoms with Crippen molar-refractivity contribution in [2.75, 3.05) is 25.4 Å². The number of ether oxygens (including phenoxy) is 1. The number of benzene rings is 2. The Kier molecular flexibility index (Phi) is 7.43. The second-order valence-electron chi connectivity index (χ2n) is 8.16. The van der Waals surface area contributed by atoms with Crippen LogP contribution in [0.15, 0.2) is 72.0 Å². The molecule has 1 amide bonds. The molecular formula is C25H24ClN7O2. The molecule has 0 aliphatic carbocycles. The van der Waals surface area contributed by atoms with E-state index in [0.29, 0.717) is 43.2 Å². The Hall–Kier alpha value is -4.16. The predicted octanol–water partition coefficient (Wildman–Crippen LogP) is 3.39. The maximum atomic E-state index is 12.8. The van der Waals surface area contributed by atoms with Crippen molar-refractivity contribution in [2.24, 2.45) is 4.99 Å². The number of amides is 1. The van der Waals surface area contributed by atoms with Gasteiger partial charge in [-0.3, -0.25) is 4.79 Å². The van der Waals surface area contributed by atoms with Gasteiger partial charge in [0.15, 0.2) is 11.5 Å². The molecule has 0 spiro atoms. The summed E-state index contributed by atoms with van der Waals surface area (Å²) in [6, 6.07) is 17.1. The molecule has 1 aliphatic heterocycles. The topological polar surface area (TPSA) is 130 Å². The van der Waals surface area contributed by atoms with Crippen LogP contribution < -0.4 is 15.8 Å². The van der Waals surface area contributed by atoms with E-state index in [1.54, 1.807) is 12.1 Å². The van der Waals surface area contributed by atoms with E-state index in [4.69, 9.17) is 22.1 Å². The molecule has 3 aromatic rings. The summed E-state index contributed by atoms with van der Waals surface area (Å²) in [5, 5.41) is 12.8. The minimum Gasteiger partial charge on any atom is -0.425 e. The van der Waals surface area contributed by atoms with Crippen LogP contribution in [0.2, 0.25) is 5.02 Å². The van der Waals surface area contributed by atoms with Gasteiger partial charge in [0.25, 0.3) is 5.91 Å². The van der Waals surface area contributed by atoms with Crippen LogP contribution in [0, 0.1) is 11.5 Å². The number of rotatable bonds is 5. The molecule has 0 radical (unpaired) electrons. The van der Waals surface area contributed by atoms with Crippen molar-refractivity contribution in [3.63, 3.8) is 0 Å². The van der Waals surface area contributed by atoms with E-state index in [0.717, 1.165) is 5.56 Å². The number of hydrogen-bond acceptors (Lipinski definition) is 7. The largest absolute Gasteiger partial charge is 0.425 e. The van der Waals surface area contributed by atoms with Gasteiger partial charge in [0.2, 0.25) is 6.19 Å². The van der Waals surface area contributed by atoms with Crippen molar-refractivity contribution in [3.8, 4) is 11.9 Å². The van der Waals surface area contributed by atoms with E-state index in [2.05, 4.69) is 20.3 Å². The molecular weight excluding hydrogens is 466 g/mol. The second-order valence-corrected chi connectivity index (χ2v) is 8.60. The first-order valence-electron chi connectivity index (χ1n) is 11.1. The molecule has 9 nitrogen and oxygen atoms in total. The maximum absolute atomic E-state index is 12.8. The molecule has 2 heterocycles. The summed E-state index contributed by atoms with van der Waals surface area (Å²) in [6.07, 6.45) is 6.02. The molecule has 4 rings (SSSR count). The quantitative estimate of drug-likeness (QED) is 0.319. The highest BCUT2D eigenvalue weighted by atomic mass is 35.5. The predicted molar refractivity (Wildman–Crippen MR) is 133 cm³/mol. The number of nitrogen functional groups attached to an aromatic ring is 1. The number of nitriles is 1. The monoisotopic (exact) mass is 489 g/mol. The van der Waals surface area contributed by atoms with E-state index >= 15 is 0 Å². The second kappa shape index (κ2) is 10.8. The zero-order valence-corrected chi connectivity index (χ0v) is 19.7. The standard InChI is InChI=1S/C25H24ClN7O2/c26-19-6-4-5-18(15-19)25(16-31-23(34)21-22(28)30-12-11-29-21)9-13-33(14-10-25)24(32-17-27)35-20-7-2-1-3-8-20/h1-8,11-12,15H,9-10,13-14,16H2,(H2,28,30)(H,31,34). The van der Waals surface area contributed by atoms with Gasteiger partial charge in [0.1, 0.15) is 5.75 Å². The summed E-state index contributed by atoms with van der Waals surface area (Å²) in [5.74, 6) is 0.285. The van der Waals surface area contributed by atoms with Gasteiger partial charge >= 0.3 is 6.02 Å². The molecule has 178 valence electrons. The van der Waals surface area contributed by atoms with Crippen LogP contribution in [-0.4, -0.2) is 46.4 Å². The zero-order valence-electron chi connectivity index (χ0n) is 18.9. The number of amidine groups is 1. The summed E-state index contributed by atoms with van der Waals surface area (Å²) >= 11 is 6.31. The van der Waals surface area contributed by atoms with E-state index in [9.17, 15) is 10.1 Å². The lowest BCUT2D eigenvalue weighted by Crippen LogP contribution is -2.51. The Balaban J connectivity index is 1.53. The van der Waals surface area contributed by atoms with Crippen LogP contribution in [0.1, 0.15) is 28.9 Å². The van der Waals surface area contributed by atoms with Crippen LogP contribution in [0.4, 0.5) is 5.82 Å². The minimum absolute atomic E-state index is 0.0760. The number of carbonyl (C=O) groups excluding carboxylic acids is 1. The number of nitrogens with two attached hydrogens (primary N) is 1. The lowest BCUT2D eigenvalue weighted by molar-refractivity contribution is 0.0926. The average molecular weight is 490 g/mol. The number of halogens is 1. The third kappa shape index (κ3) is 5.67. The molecule has 1 aromatic heterocycles. The maximum Gasteiger partial charge on any atom is 0.308 e. The van der Waals surface area contributed by atoms with Crippen LogP contribution in [0.25, 0.3) is 0 Å². The molecule has 0 atom stereocenters. The molecule has 3 N–H and O–H groups in total. The number of nitrogens with zero attached hydrogens (tertiary/aromatic N) is 5.